The highest BCUT2D eigenvalue weighted by Gasteiger charge is 2.36. The Hall–Kier alpha value is -2.97. The van der Waals surface area contributed by atoms with Crippen molar-refractivity contribution < 1.29 is 14.4 Å². The Morgan fingerprint density at radius 1 is 1.00 bits per heavy atom. The van der Waals surface area contributed by atoms with E-state index in [2.05, 4.69) is 56.8 Å². The van der Waals surface area contributed by atoms with Gasteiger partial charge in [0.2, 0.25) is 5.82 Å². The number of ether oxygens (including phenoxy) is 2. The Labute approximate surface area is 177 Å². The summed E-state index contributed by atoms with van der Waals surface area (Å²) >= 11 is 0. The van der Waals surface area contributed by atoms with E-state index in [0.717, 1.165) is 43.3 Å². The SMILES string of the molecule is COCCn1nnnc1[C@@H](c1ccccc1OC)[NH+]1CCN(c2ccccc2)CC1. The van der Waals surface area contributed by atoms with Crippen LogP contribution in [0.4, 0.5) is 5.69 Å². The summed E-state index contributed by atoms with van der Waals surface area (Å²) in [5.41, 5.74) is 2.38. The van der Waals surface area contributed by atoms with Gasteiger partial charge in [-0.05, 0) is 34.7 Å². The fraction of sp³-hybridized carbons (Fsp3) is 0.409. The summed E-state index contributed by atoms with van der Waals surface area (Å²) in [6.07, 6.45) is 0. The van der Waals surface area contributed by atoms with Gasteiger partial charge >= 0.3 is 0 Å². The standard InChI is InChI=1S/C22H28N6O2/c1-29-17-16-28-22(23-24-25-28)21(19-10-6-7-11-20(19)30-2)27-14-12-26(13-15-27)18-8-4-3-5-9-18/h3-11,21H,12-17H2,1-2H3/p+1/t21-/m1/s1. The predicted octanol–water partition coefficient (Wildman–Crippen LogP) is 0.823. The zero-order valence-electron chi connectivity index (χ0n) is 17.6. The Bertz CT molecular complexity index is 924. The van der Waals surface area contributed by atoms with Gasteiger partial charge in [-0.2, -0.15) is 0 Å². The molecule has 1 aromatic heterocycles. The second kappa shape index (κ2) is 9.69. The van der Waals surface area contributed by atoms with Gasteiger partial charge in [-0.3, -0.25) is 0 Å². The summed E-state index contributed by atoms with van der Waals surface area (Å²) in [7, 11) is 3.41. The van der Waals surface area contributed by atoms with E-state index in [4.69, 9.17) is 9.47 Å². The van der Waals surface area contributed by atoms with E-state index in [1.807, 2.05) is 22.9 Å². The number of nitrogens with one attached hydrogen (secondary N) is 1. The zero-order chi connectivity index (χ0) is 20.8. The molecule has 1 aliphatic rings. The van der Waals surface area contributed by atoms with Gasteiger partial charge in [0.25, 0.3) is 0 Å². The summed E-state index contributed by atoms with van der Waals surface area (Å²) in [6, 6.07) is 18.8. The van der Waals surface area contributed by atoms with Crippen LogP contribution >= 0.6 is 0 Å². The van der Waals surface area contributed by atoms with Gasteiger partial charge in [0.05, 0.1) is 52.0 Å². The predicted molar refractivity (Wildman–Crippen MR) is 114 cm³/mol. The third-order valence-corrected chi connectivity index (χ3v) is 5.71. The number of anilines is 1. The highest BCUT2D eigenvalue weighted by Crippen LogP contribution is 2.27. The third-order valence-electron chi connectivity index (χ3n) is 5.71. The molecule has 1 atom stereocenters. The van der Waals surface area contributed by atoms with Crippen molar-refractivity contribution in [2.75, 3.05) is 51.9 Å². The van der Waals surface area contributed by atoms with E-state index in [0.29, 0.717) is 13.2 Å². The van der Waals surface area contributed by atoms with Crippen molar-refractivity contribution in [3.63, 3.8) is 0 Å². The number of piperazine rings is 1. The number of para-hydroxylation sites is 2. The number of quaternary nitrogens is 1. The average molecular weight is 410 g/mol. The van der Waals surface area contributed by atoms with Crippen LogP contribution in [-0.4, -0.2) is 67.2 Å². The fourth-order valence-corrected chi connectivity index (χ4v) is 4.18. The van der Waals surface area contributed by atoms with Gasteiger partial charge in [-0.15, -0.1) is 5.10 Å². The van der Waals surface area contributed by atoms with Crippen LogP contribution in [0.1, 0.15) is 17.4 Å². The quantitative estimate of drug-likeness (QED) is 0.594. The Morgan fingerprint density at radius 3 is 2.47 bits per heavy atom. The van der Waals surface area contributed by atoms with Crippen LogP contribution in [0.2, 0.25) is 0 Å². The summed E-state index contributed by atoms with van der Waals surface area (Å²) in [6.45, 7) is 5.10. The monoisotopic (exact) mass is 409 g/mol. The van der Waals surface area contributed by atoms with E-state index in [9.17, 15) is 0 Å². The lowest BCUT2D eigenvalue weighted by atomic mass is 10.0. The highest BCUT2D eigenvalue weighted by molar-refractivity contribution is 5.46. The molecule has 4 rings (SSSR count). The molecule has 0 bridgehead atoms. The molecule has 1 aliphatic heterocycles. The van der Waals surface area contributed by atoms with Crippen LogP contribution in [0.3, 0.4) is 0 Å². The molecule has 2 aromatic carbocycles. The Balaban J connectivity index is 1.63. The summed E-state index contributed by atoms with van der Waals surface area (Å²) in [5, 5.41) is 12.6. The van der Waals surface area contributed by atoms with E-state index in [1.165, 1.54) is 10.6 Å². The molecule has 0 unspecified atom stereocenters. The number of hydrogen-bond acceptors (Lipinski definition) is 6. The molecule has 1 saturated heterocycles. The summed E-state index contributed by atoms with van der Waals surface area (Å²) < 4.78 is 12.8. The number of aromatic nitrogens is 4. The molecule has 0 amide bonds. The summed E-state index contributed by atoms with van der Waals surface area (Å²) in [4.78, 5) is 3.87. The molecular formula is C22H29N6O2+. The normalized spacial score (nSPS) is 15.9. The van der Waals surface area contributed by atoms with Gasteiger partial charge in [0, 0.05) is 12.8 Å². The number of tetrazole rings is 1. The number of rotatable bonds is 8. The third kappa shape index (κ3) is 4.29. The lowest BCUT2D eigenvalue weighted by Crippen LogP contribution is -3.15. The van der Waals surface area contributed by atoms with Crippen LogP contribution in [0.5, 0.6) is 5.75 Å². The summed E-state index contributed by atoms with van der Waals surface area (Å²) in [5.74, 6) is 1.71. The van der Waals surface area contributed by atoms with Gasteiger partial charge in [0.15, 0.2) is 6.04 Å². The van der Waals surface area contributed by atoms with Crippen molar-refractivity contribution in [1.29, 1.82) is 0 Å². The van der Waals surface area contributed by atoms with Crippen molar-refractivity contribution in [3.8, 4) is 5.75 Å². The van der Waals surface area contributed by atoms with E-state index >= 15 is 0 Å². The molecule has 0 radical (unpaired) electrons. The second-order valence-electron chi connectivity index (χ2n) is 7.41. The average Bonchev–Trinajstić information content (AvgIpc) is 3.27. The molecule has 158 valence electrons. The maximum absolute atomic E-state index is 5.70. The van der Waals surface area contributed by atoms with Crippen LogP contribution < -0.4 is 14.5 Å². The number of hydrogen-bond donors (Lipinski definition) is 1. The molecule has 8 nitrogen and oxygen atoms in total. The molecule has 0 aliphatic carbocycles. The van der Waals surface area contributed by atoms with Gasteiger partial charge in [-0.1, -0.05) is 30.3 Å². The molecule has 1 fully saturated rings. The van der Waals surface area contributed by atoms with Crippen molar-refractivity contribution in [2.24, 2.45) is 0 Å². The van der Waals surface area contributed by atoms with Crippen LogP contribution in [0.25, 0.3) is 0 Å². The smallest absolute Gasteiger partial charge is 0.214 e. The maximum Gasteiger partial charge on any atom is 0.214 e. The van der Waals surface area contributed by atoms with Crippen LogP contribution in [0.15, 0.2) is 54.6 Å². The van der Waals surface area contributed by atoms with Crippen molar-refractivity contribution in [1.82, 2.24) is 20.2 Å². The van der Waals surface area contributed by atoms with E-state index < -0.39 is 0 Å². The maximum atomic E-state index is 5.70. The molecule has 30 heavy (non-hydrogen) atoms. The van der Waals surface area contributed by atoms with Crippen molar-refractivity contribution in [3.05, 3.63) is 66.0 Å². The molecule has 0 spiro atoms. The number of benzene rings is 2. The lowest BCUT2D eigenvalue weighted by molar-refractivity contribution is -0.927. The van der Waals surface area contributed by atoms with Gasteiger partial charge in [0.1, 0.15) is 5.75 Å². The van der Waals surface area contributed by atoms with Crippen molar-refractivity contribution in [2.45, 2.75) is 12.6 Å². The fourth-order valence-electron chi connectivity index (χ4n) is 4.18. The first-order valence-electron chi connectivity index (χ1n) is 10.3. The number of nitrogens with zero attached hydrogens (tertiary/aromatic N) is 5. The highest BCUT2D eigenvalue weighted by atomic mass is 16.5. The van der Waals surface area contributed by atoms with Crippen LogP contribution in [0, 0.1) is 0 Å². The first-order chi connectivity index (χ1) is 14.8. The molecule has 1 N–H and O–H groups in total. The molecular weight excluding hydrogens is 380 g/mol. The number of methoxy groups -OCH3 is 2. The minimum Gasteiger partial charge on any atom is -0.496 e. The molecule has 8 heteroatoms. The second-order valence-corrected chi connectivity index (χ2v) is 7.41. The van der Waals surface area contributed by atoms with Gasteiger partial charge < -0.3 is 19.3 Å². The van der Waals surface area contributed by atoms with Crippen molar-refractivity contribution >= 4 is 5.69 Å². The van der Waals surface area contributed by atoms with E-state index in [-0.39, 0.29) is 6.04 Å². The molecule has 0 saturated carbocycles. The lowest BCUT2D eigenvalue weighted by Gasteiger charge is -2.37. The molecule has 2 heterocycles. The first kappa shape index (κ1) is 20.3. The minimum atomic E-state index is -0.00840. The van der Waals surface area contributed by atoms with Crippen LogP contribution in [-0.2, 0) is 11.3 Å². The first-order valence-corrected chi connectivity index (χ1v) is 10.3. The van der Waals surface area contributed by atoms with Gasteiger partial charge in [-0.25, -0.2) is 4.68 Å². The minimum absolute atomic E-state index is 0.00840. The Morgan fingerprint density at radius 2 is 1.73 bits per heavy atom. The molecule has 3 aromatic rings. The zero-order valence-corrected chi connectivity index (χ0v) is 17.6. The van der Waals surface area contributed by atoms with E-state index in [1.54, 1.807) is 14.2 Å². The topological polar surface area (TPSA) is 69.7 Å². The largest absolute Gasteiger partial charge is 0.496 e. The Kier molecular flexibility index (Phi) is 6.56.